The van der Waals surface area contributed by atoms with Gasteiger partial charge in [-0.15, -0.1) is 11.8 Å². The lowest BCUT2D eigenvalue weighted by atomic mass is 10.2. The van der Waals surface area contributed by atoms with Gasteiger partial charge in [0.2, 0.25) is 5.91 Å². The second-order valence-corrected chi connectivity index (χ2v) is 5.89. The minimum atomic E-state index is -0.140. The first-order valence-corrected chi connectivity index (χ1v) is 8.69. The smallest absolute Gasteiger partial charge is 0.244 e. The number of amides is 1. The first-order chi connectivity index (χ1) is 11.7. The number of hydrogen-bond acceptors (Lipinski definition) is 4. The number of ether oxygens (including phenoxy) is 2. The molecule has 0 spiro atoms. The Morgan fingerprint density at radius 2 is 1.79 bits per heavy atom. The highest BCUT2D eigenvalue weighted by molar-refractivity contribution is 7.98. The molecule has 2 rings (SSSR count). The third-order valence-corrected chi connectivity index (χ3v) is 4.20. The van der Waals surface area contributed by atoms with Gasteiger partial charge in [0.15, 0.2) is 11.5 Å². The molecule has 4 nitrogen and oxygen atoms in total. The van der Waals surface area contributed by atoms with Gasteiger partial charge in [-0.2, -0.15) is 0 Å². The molecular weight excluding hydrogens is 322 g/mol. The standard InChI is InChI=1S/C19H21NO3S/c1-22-17-10-6-14(12-18(17)23-2)7-11-19(21)20-13-15-4-8-16(24-3)9-5-15/h4-12H,13H2,1-3H3,(H,20,21)/b11-7+. The minimum Gasteiger partial charge on any atom is -0.493 e. The summed E-state index contributed by atoms with van der Waals surface area (Å²) in [5, 5.41) is 2.87. The summed E-state index contributed by atoms with van der Waals surface area (Å²) < 4.78 is 10.4. The van der Waals surface area contributed by atoms with Crippen molar-refractivity contribution in [1.29, 1.82) is 0 Å². The van der Waals surface area contributed by atoms with E-state index >= 15 is 0 Å². The van der Waals surface area contributed by atoms with Crippen LogP contribution in [0, 0.1) is 0 Å². The van der Waals surface area contributed by atoms with Crippen LogP contribution in [0.25, 0.3) is 6.08 Å². The molecule has 24 heavy (non-hydrogen) atoms. The van der Waals surface area contributed by atoms with Crippen molar-refractivity contribution in [3.05, 3.63) is 59.7 Å². The van der Waals surface area contributed by atoms with E-state index < -0.39 is 0 Å². The number of hydrogen-bond donors (Lipinski definition) is 1. The summed E-state index contributed by atoms with van der Waals surface area (Å²) in [5.41, 5.74) is 1.94. The Morgan fingerprint density at radius 3 is 2.42 bits per heavy atom. The summed E-state index contributed by atoms with van der Waals surface area (Å²) in [6.45, 7) is 0.504. The fourth-order valence-electron chi connectivity index (χ4n) is 2.12. The molecule has 5 heteroatoms. The van der Waals surface area contributed by atoms with Crippen molar-refractivity contribution in [2.75, 3.05) is 20.5 Å². The zero-order valence-corrected chi connectivity index (χ0v) is 14.9. The molecule has 126 valence electrons. The summed E-state index contributed by atoms with van der Waals surface area (Å²) in [4.78, 5) is 13.1. The molecule has 1 N–H and O–H groups in total. The van der Waals surface area contributed by atoms with E-state index in [0.717, 1.165) is 11.1 Å². The van der Waals surface area contributed by atoms with E-state index in [-0.39, 0.29) is 5.91 Å². The highest BCUT2D eigenvalue weighted by Crippen LogP contribution is 2.27. The summed E-state index contributed by atoms with van der Waals surface area (Å²) >= 11 is 1.70. The van der Waals surface area contributed by atoms with Crippen LogP contribution in [-0.2, 0) is 11.3 Å². The maximum atomic E-state index is 11.9. The molecule has 0 saturated carbocycles. The highest BCUT2D eigenvalue weighted by Gasteiger charge is 2.03. The van der Waals surface area contributed by atoms with E-state index in [9.17, 15) is 4.79 Å². The van der Waals surface area contributed by atoms with Crippen molar-refractivity contribution < 1.29 is 14.3 Å². The van der Waals surface area contributed by atoms with Gasteiger partial charge in [-0.25, -0.2) is 0 Å². The van der Waals surface area contributed by atoms with E-state index in [0.29, 0.717) is 18.0 Å². The van der Waals surface area contributed by atoms with Gasteiger partial charge in [0.25, 0.3) is 0 Å². The fraction of sp³-hybridized carbons (Fsp3) is 0.211. The normalized spacial score (nSPS) is 10.6. The van der Waals surface area contributed by atoms with Gasteiger partial charge in [-0.1, -0.05) is 18.2 Å². The van der Waals surface area contributed by atoms with Gasteiger partial charge in [0.05, 0.1) is 14.2 Å². The molecule has 0 aliphatic carbocycles. The lowest BCUT2D eigenvalue weighted by Gasteiger charge is -2.07. The van der Waals surface area contributed by atoms with Crippen LogP contribution in [-0.4, -0.2) is 26.4 Å². The topological polar surface area (TPSA) is 47.6 Å². The predicted octanol–water partition coefficient (Wildman–Crippen LogP) is 3.76. The lowest BCUT2D eigenvalue weighted by molar-refractivity contribution is -0.116. The van der Waals surface area contributed by atoms with Crippen LogP contribution in [0.4, 0.5) is 0 Å². The Hall–Kier alpha value is -2.40. The Labute approximate surface area is 146 Å². The molecule has 2 aromatic carbocycles. The van der Waals surface area contributed by atoms with Gasteiger partial charge in [0, 0.05) is 17.5 Å². The molecule has 0 radical (unpaired) electrons. The van der Waals surface area contributed by atoms with E-state index in [1.807, 2.05) is 48.7 Å². The predicted molar refractivity (Wildman–Crippen MR) is 98.6 cm³/mol. The van der Waals surface area contributed by atoms with Crippen molar-refractivity contribution in [3.8, 4) is 11.5 Å². The van der Waals surface area contributed by atoms with E-state index in [1.165, 1.54) is 11.0 Å². The van der Waals surface area contributed by atoms with Crippen molar-refractivity contribution in [2.24, 2.45) is 0 Å². The average Bonchev–Trinajstić information content (AvgIpc) is 2.64. The van der Waals surface area contributed by atoms with Crippen LogP contribution in [0.2, 0.25) is 0 Å². The molecule has 1 amide bonds. The monoisotopic (exact) mass is 343 g/mol. The second kappa shape index (κ2) is 9.03. The number of benzene rings is 2. The molecule has 0 unspecified atom stereocenters. The number of carbonyl (C=O) groups is 1. The Morgan fingerprint density at radius 1 is 1.08 bits per heavy atom. The maximum absolute atomic E-state index is 11.9. The fourth-order valence-corrected chi connectivity index (χ4v) is 2.53. The van der Waals surface area contributed by atoms with Crippen LogP contribution in [0.3, 0.4) is 0 Å². The van der Waals surface area contributed by atoms with Crippen LogP contribution < -0.4 is 14.8 Å². The molecule has 2 aromatic rings. The van der Waals surface area contributed by atoms with Crippen LogP contribution in [0.15, 0.2) is 53.4 Å². The summed E-state index contributed by atoms with van der Waals surface area (Å²) in [5.74, 6) is 1.15. The highest BCUT2D eigenvalue weighted by atomic mass is 32.2. The Balaban J connectivity index is 1.92. The van der Waals surface area contributed by atoms with Crippen LogP contribution in [0.5, 0.6) is 11.5 Å². The van der Waals surface area contributed by atoms with Gasteiger partial charge >= 0.3 is 0 Å². The van der Waals surface area contributed by atoms with Gasteiger partial charge < -0.3 is 14.8 Å². The number of carbonyl (C=O) groups excluding carboxylic acids is 1. The van der Waals surface area contributed by atoms with Gasteiger partial charge in [-0.05, 0) is 47.7 Å². The van der Waals surface area contributed by atoms with Crippen molar-refractivity contribution in [2.45, 2.75) is 11.4 Å². The molecule has 0 saturated heterocycles. The number of thioether (sulfide) groups is 1. The van der Waals surface area contributed by atoms with Crippen LogP contribution >= 0.6 is 11.8 Å². The lowest BCUT2D eigenvalue weighted by Crippen LogP contribution is -2.20. The number of rotatable bonds is 7. The molecule has 0 fully saturated rings. The van der Waals surface area contributed by atoms with Gasteiger partial charge in [-0.3, -0.25) is 4.79 Å². The summed E-state index contributed by atoms with van der Waals surface area (Å²) in [6.07, 6.45) is 5.29. The number of nitrogens with one attached hydrogen (secondary N) is 1. The summed E-state index contributed by atoms with van der Waals surface area (Å²) in [6, 6.07) is 13.6. The first-order valence-electron chi connectivity index (χ1n) is 7.47. The molecule has 0 atom stereocenters. The average molecular weight is 343 g/mol. The molecular formula is C19H21NO3S. The van der Waals surface area contributed by atoms with Gasteiger partial charge in [0.1, 0.15) is 0 Å². The van der Waals surface area contributed by atoms with E-state index in [4.69, 9.17) is 9.47 Å². The van der Waals surface area contributed by atoms with E-state index in [2.05, 4.69) is 5.32 Å². The summed E-state index contributed by atoms with van der Waals surface area (Å²) in [7, 11) is 3.17. The molecule has 0 heterocycles. The number of methoxy groups -OCH3 is 2. The SMILES string of the molecule is COc1ccc(/C=C/C(=O)NCc2ccc(SC)cc2)cc1OC. The third kappa shape index (κ3) is 5.06. The quantitative estimate of drug-likeness (QED) is 0.614. The largest absolute Gasteiger partial charge is 0.493 e. The van der Waals surface area contributed by atoms with Crippen LogP contribution in [0.1, 0.15) is 11.1 Å². The second-order valence-electron chi connectivity index (χ2n) is 5.01. The van der Waals surface area contributed by atoms with Crippen molar-refractivity contribution in [3.63, 3.8) is 0 Å². The van der Waals surface area contributed by atoms with E-state index in [1.54, 1.807) is 32.1 Å². The van der Waals surface area contributed by atoms with Crippen molar-refractivity contribution in [1.82, 2.24) is 5.32 Å². The molecule has 0 aliphatic heterocycles. The molecule has 0 aromatic heterocycles. The molecule has 0 bridgehead atoms. The maximum Gasteiger partial charge on any atom is 0.244 e. The zero-order valence-electron chi connectivity index (χ0n) is 14.0. The first kappa shape index (κ1) is 17.9. The zero-order chi connectivity index (χ0) is 17.4. The third-order valence-electron chi connectivity index (χ3n) is 3.46. The molecule has 0 aliphatic rings. The minimum absolute atomic E-state index is 0.140. The van der Waals surface area contributed by atoms with Crippen molar-refractivity contribution >= 4 is 23.7 Å². The Kier molecular flexibility index (Phi) is 6.75. The Bertz CT molecular complexity index is 711.